The number of rotatable bonds is 2. The molecule has 10 heavy (non-hydrogen) atoms. The minimum atomic E-state index is 0.0142. The van der Waals surface area contributed by atoms with Gasteiger partial charge < -0.3 is 10.7 Å². The molecule has 0 aliphatic rings. The fraction of sp³-hybridized carbons (Fsp3) is 0.571. The first-order chi connectivity index (χ1) is 4.74. The first-order valence-electron chi connectivity index (χ1n) is 3.53. The molecule has 0 aliphatic heterocycles. The van der Waals surface area contributed by atoms with Gasteiger partial charge in [-0.3, -0.25) is 0 Å². The van der Waals surface area contributed by atoms with Gasteiger partial charge in [0.2, 0.25) is 0 Å². The lowest BCUT2D eigenvalue weighted by Crippen LogP contribution is -2.06. The van der Waals surface area contributed by atoms with Crippen LogP contribution < -0.4 is 5.73 Å². The smallest absolute Gasteiger partial charge is 0.122 e. The molecule has 3 heteroatoms. The van der Waals surface area contributed by atoms with Gasteiger partial charge in [-0.05, 0) is 13.3 Å². The summed E-state index contributed by atoms with van der Waals surface area (Å²) in [6.07, 6.45) is 2.82. The number of hydrogen-bond acceptors (Lipinski definition) is 2. The molecule has 1 heterocycles. The predicted molar refractivity (Wildman–Crippen MR) is 40.6 cm³/mol. The highest BCUT2D eigenvalue weighted by Crippen LogP contribution is 2.04. The second-order valence-corrected chi connectivity index (χ2v) is 2.44. The Kier molecular flexibility index (Phi) is 2.06. The Balaban J connectivity index is 2.78. The maximum atomic E-state index is 5.59. The van der Waals surface area contributed by atoms with Crippen LogP contribution in [0.2, 0.25) is 0 Å². The average molecular weight is 139 g/mol. The number of nitrogens with zero attached hydrogens (tertiary/aromatic N) is 1. The van der Waals surface area contributed by atoms with Gasteiger partial charge >= 0.3 is 0 Å². The molecule has 0 fully saturated rings. The zero-order chi connectivity index (χ0) is 7.56. The fourth-order valence-electron chi connectivity index (χ4n) is 0.788. The van der Waals surface area contributed by atoms with Crippen LogP contribution in [0.25, 0.3) is 0 Å². The Morgan fingerprint density at radius 1 is 1.80 bits per heavy atom. The van der Waals surface area contributed by atoms with Gasteiger partial charge in [-0.2, -0.15) is 0 Å². The molecule has 0 aliphatic carbocycles. The van der Waals surface area contributed by atoms with Crippen LogP contribution in [0.3, 0.4) is 0 Å². The van der Waals surface area contributed by atoms with Gasteiger partial charge in [0.15, 0.2) is 0 Å². The van der Waals surface area contributed by atoms with Crippen molar-refractivity contribution in [3.05, 3.63) is 17.7 Å². The quantitative estimate of drug-likeness (QED) is 0.642. The van der Waals surface area contributed by atoms with Crippen molar-refractivity contribution in [3.8, 4) is 0 Å². The molecule has 3 N–H and O–H groups in total. The minimum Gasteiger partial charge on any atom is -0.345 e. The topological polar surface area (TPSA) is 54.7 Å². The molecule has 1 unspecified atom stereocenters. The molecule has 0 bridgehead atoms. The Morgan fingerprint density at radius 2 is 2.50 bits per heavy atom. The monoisotopic (exact) mass is 139 g/mol. The summed E-state index contributed by atoms with van der Waals surface area (Å²) in [5, 5.41) is 0. The van der Waals surface area contributed by atoms with Crippen molar-refractivity contribution in [2.24, 2.45) is 5.73 Å². The summed E-state index contributed by atoms with van der Waals surface area (Å²) in [6, 6.07) is 0.0142. The van der Waals surface area contributed by atoms with Gasteiger partial charge in [-0.1, -0.05) is 6.92 Å². The summed E-state index contributed by atoms with van der Waals surface area (Å²) in [7, 11) is 0. The van der Waals surface area contributed by atoms with Crippen molar-refractivity contribution in [2.75, 3.05) is 0 Å². The summed E-state index contributed by atoms with van der Waals surface area (Å²) < 4.78 is 0. The number of aromatic amines is 1. The Labute approximate surface area is 60.7 Å². The number of imidazole rings is 1. The number of H-pyrrole nitrogens is 1. The van der Waals surface area contributed by atoms with Gasteiger partial charge in [0.1, 0.15) is 5.82 Å². The van der Waals surface area contributed by atoms with Crippen LogP contribution in [-0.2, 0) is 6.42 Å². The minimum absolute atomic E-state index is 0.0142. The molecule has 0 spiro atoms. The number of nitrogens with two attached hydrogens (primary N) is 1. The summed E-state index contributed by atoms with van der Waals surface area (Å²) in [6.45, 7) is 4.00. The van der Waals surface area contributed by atoms with E-state index in [1.807, 2.05) is 13.1 Å². The molecule has 0 radical (unpaired) electrons. The summed E-state index contributed by atoms with van der Waals surface area (Å²) in [4.78, 5) is 7.23. The first-order valence-corrected chi connectivity index (χ1v) is 3.53. The van der Waals surface area contributed by atoms with E-state index in [1.165, 1.54) is 0 Å². The van der Waals surface area contributed by atoms with Crippen molar-refractivity contribution in [2.45, 2.75) is 26.3 Å². The largest absolute Gasteiger partial charge is 0.345 e. The van der Waals surface area contributed by atoms with Crippen LogP contribution in [-0.4, -0.2) is 9.97 Å². The number of nitrogens with one attached hydrogen (secondary N) is 1. The number of aromatic nitrogens is 2. The van der Waals surface area contributed by atoms with Crippen LogP contribution in [0.5, 0.6) is 0 Å². The number of hydrogen-bond donors (Lipinski definition) is 2. The Bertz CT molecular complexity index is 202. The molecular weight excluding hydrogens is 126 g/mol. The molecule has 1 aromatic rings. The van der Waals surface area contributed by atoms with E-state index in [0.29, 0.717) is 0 Å². The molecule has 0 amide bonds. The lowest BCUT2D eigenvalue weighted by Gasteiger charge is -1.97. The van der Waals surface area contributed by atoms with Crippen LogP contribution >= 0.6 is 0 Å². The predicted octanol–water partition coefficient (Wildman–Crippen LogP) is 0.992. The molecule has 0 saturated heterocycles. The zero-order valence-electron chi connectivity index (χ0n) is 6.39. The zero-order valence-corrected chi connectivity index (χ0v) is 6.39. The fourth-order valence-corrected chi connectivity index (χ4v) is 0.788. The molecule has 1 rings (SSSR count). The summed E-state index contributed by atoms with van der Waals surface area (Å²) in [5.74, 6) is 0.872. The van der Waals surface area contributed by atoms with Gasteiger partial charge in [0, 0.05) is 11.9 Å². The second kappa shape index (κ2) is 2.84. The summed E-state index contributed by atoms with van der Waals surface area (Å²) >= 11 is 0. The Hall–Kier alpha value is -0.830. The maximum Gasteiger partial charge on any atom is 0.122 e. The van der Waals surface area contributed by atoms with Crippen molar-refractivity contribution in [1.82, 2.24) is 9.97 Å². The van der Waals surface area contributed by atoms with Crippen LogP contribution in [0.4, 0.5) is 0 Å². The lowest BCUT2D eigenvalue weighted by atomic mass is 10.3. The van der Waals surface area contributed by atoms with E-state index in [1.54, 1.807) is 0 Å². The van der Waals surface area contributed by atoms with Gasteiger partial charge in [-0.15, -0.1) is 0 Å². The molecule has 0 saturated carbocycles. The highest BCUT2D eigenvalue weighted by Gasteiger charge is 2.01. The van der Waals surface area contributed by atoms with E-state index >= 15 is 0 Å². The normalized spacial score (nSPS) is 13.5. The molecule has 3 nitrogen and oxygen atoms in total. The first kappa shape index (κ1) is 7.28. The van der Waals surface area contributed by atoms with Crippen molar-refractivity contribution >= 4 is 0 Å². The molecule has 1 aromatic heterocycles. The third-order valence-electron chi connectivity index (χ3n) is 1.46. The van der Waals surface area contributed by atoms with E-state index in [-0.39, 0.29) is 6.04 Å². The van der Waals surface area contributed by atoms with Crippen LogP contribution in [0.1, 0.15) is 31.4 Å². The van der Waals surface area contributed by atoms with Gasteiger partial charge in [0.05, 0.1) is 6.04 Å². The molecule has 1 atom stereocenters. The van der Waals surface area contributed by atoms with Crippen molar-refractivity contribution < 1.29 is 0 Å². The SMILES string of the molecule is CCc1cnc(C(C)N)[nH]1. The number of aryl methyl sites for hydroxylation is 1. The molecular formula is C7H13N3. The molecule has 0 aromatic carbocycles. The van der Waals surface area contributed by atoms with Crippen molar-refractivity contribution in [3.63, 3.8) is 0 Å². The van der Waals surface area contributed by atoms with E-state index in [2.05, 4.69) is 16.9 Å². The standard InChI is InChI=1S/C7H13N3/c1-3-6-4-9-7(10-6)5(2)8/h4-5H,3,8H2,1-2H3,(H,9,10). The lowest BCUT2D eigenvalue weighted by molar-refractivity contribution is 0.752. The molecule has 56 valence electrons. The highest BCUT2D eigenvalue weighted by molar-refractivity contribution is 5.03. The van der Waals surface area contributed by atoms with E-state index in [9.17, 15) is 0 Å². The van der Waals surface area contributed by atoms with E-state index < -0.39 is 0 Å². The average Bonchev–Trinajstić information content (AvgIpc) is 2.34. The third kappa shape index (κ3) is 1.36. The summed E-state index contributed by atoms with van der Waals surface area (Å²) in [5.41, 5.74) is 6.73. The maximum absolute atomic E-state index is 5.59. The second-order valence-electron chi connectivity index (χ2n) is 2.44. The van der Waals surface area contributed by atoms with Crippen LogP contribution in [0.15, 0.2) is 6.20 Å². The van der Waals surface area contributed by atoms with E-state index in [4.69, 9.17) is 5.73 Å². The third-order valence-corrected chi connectivity index (χ3v) is 1.46. The van der Waals surface area contributed by atoms with Gasteiger partial charge in [-0.25, -0.2) is 4.98 Å². The van der Waals surface area contributed by atoms with Gasteiger partial charge in [0.25, 0.3) is 0 Å². The van der Waals surface area contributed by atoms with Crippen LogP contribution in [0, 0.1) is 0 Å². The van der Waals surface area contributed by atoms with E-state index in [0.717, 1.165) is 17.9 Å². The highest BCUT2D eigenvalue weighted by atomic mass is 14.9. The van der Waals surface area contributed by atoms with Crippen molar-refractivity contribution in [1.29, 1.82) is 0 Å². The Morgan fingerprint density at radius 3 is 2.80 bits per heavy atom.